The van der Waals surface area contributed by atoms with Crippen LogP contribution in [-0.4, -0.2) is 22.9 Å². The van der Waals surface area contributed by atoms with E-state index in [1.165, 1.54) is 24.3 Å². The Bertz CT molecular complexity index is 1940. The third-order valence-electron chi connectivity index (χ3n) is 6.34. The molecule has 0 amide bonds. The molecule has 1 heterocycles. The van der Waals surface area contributed by atoms with Gasteiger partial charge in [-0.1, -0.05) is 73.3 Å². The van der Waals surface area contributed by atoms with E-state index < -0.39 is 10.1 Å². The first-order valence-electron chi connectivity index (χ1n) is 12.6. The van der Waals surface area contributed by atoms with Crippen LogP contribution in [0, 0.1) is 0 Å². The van der Waals surface area contributed by atoms with E-state index in [9.17, 15) is 13.0 Å². The van der Waals surface area contributed by atoms with E-state index in [4.69, 9.17) is 9.47 Å². The largest absolute Gasteiger partial charge is 0.439 e. The average molecular weight is 562 g/mol. The Labute approximate surface area is 236 Å². The highest BCUT2D eigenvalue weighted by atomic mass is 32.2. The number of nitrogens with one attached hydrogen (secondary N) is 1. The van der Waals surface area contributed by atoms with Crippen LogP contribution in [0.4, 0.5) is 11.5 Å². The van der Waals surface area contributed by atoms with Gasteiger partial charge in [0.1, 0.15) is 22.2 Å². The maximum absolute atomic E-state index is 11.7. The zero-order chi connectivity index (χ0) is 28.4. The summed E-state index contributed by atoms with van der Waals surface area (Å²) < 4.78 is 45.1. The van der Waals surface area contributed by atoms with Crippen molar-refractivity contribution in [3.05, 3.63) is 121 Å². The molecular weight excluding hydrogens is 538 g/mol. The van der Waals surface area contributed by atoms with Gasteiger partial charge in [-0.05, 0) is 69.6 Å². The van der Waals surface area contributed by atoms with Crippen molar-refractivity contribution in [1.29, 1.82) is 0 Å². The molecule has 1 aromatic heterocycles. The van der Waals surface area contributed by atoms with E-state index in [-0.39, 0.29) is 22.3 Å². The molecule has 0 radical (unpaired) electrons. The average Bonchev–Trinajstić information content (AvgIpc) is 2.96. The van der Waals surface area contributed by atoms with Gasteiger partial charge in [0.15, 0.2) is 0 Å². The molecule has 0 spiro atoms. The molecule has 2 N–H and O–H groups in total. The summed E-state index contributed by atoms with van der Waals surface area (Å²) in [6, 6.07) is 33.3. The summed E-state index contributed by atoms with van der Waals surface area (Å²) in [7, 11) is -4.41. The number of hydrogen-bond acceptors (Lipinski definition) is 7. The molecule has 0 saturated carbocycles. The molecule has 0 atom stereocenters. The van der Waals surface area contributed by atoms with Gasteiger partial charge in [0.05, 0.1) is 0 Å². The number of fused-ring (bicyclic) bond motifs is 2. The number of benzene rings is 5. The van der Waals surface area contributed by atoms with E-state index >= 15 is 0 Å². The van der Waals surface area contributed by atoms with Crippen molar-refractivity contribution in [1.82, 2.24) is 9.97 Å². The molecule has 0 unspecified atom stereocenters. The van der Waals surface area contributed by atoms with Crippen LogP contribution < -0.4 is 14.8 Å². The lowest BCUT2D eigenvalue weighted by molar-refractivity contribution is 0.413. The minimum Gasteiger partial charge on any atom is -0.439 e. The fourth-order valence-corrected chi connectivity index (χ4v) is 5.10. The number of nitrogens with zero attached hydrogens (tertiary/aromatic N) is 2. The predicted molar refractivity (Wildman–Crippen MR) is 160 cm³/mol. The van der Waals surface area contributed by atoms with E-state index in [1.54, 1.807) is 6.07 Å². The van der Waals surface area contributed by atoms with Crippen LogP contribution in [0.2, 0.25) is 0 Å². The Morgan fingerprint density at radius 1 is 0.707 bits per heavy atom. The van der Waals surface area contributed by atoms with Crippen molar-refractivity contribution < 1.29 is 22.4 Å². The van der Waals surface area contributed by atoms with Gasteiger partial charge in [0.2, 0.25) is 5.88 Å². The van der Waals surface area contributed by atoms with Gasteiger partial charge in [-0.2, -0.15) is 18.4 Å². The maximum Gasteiger partial charge on any atom is 0.327 e. The zero-order valence-corrected chi connectivity index (χ0v) is 22.4. The smallest absolute Gasteiger partial charge is 0.327 e. The summed E-state index contributed by atoms with van der Waals surface area (Å²) in [6.07, 6.45) is 1.34. The Morgan fingerprint density at radius 2 is 1.32 bits per heavy atom. The highest BCUT2D eigenvalue weighted by Crippen LogP contribution is 2.31. The number of anilines is 2. The Morgan fingerprint density at radius 3 is 1.93 bits per heavy atom. The van der Waals surface area contributed by atoms with Crippen LogP contribution in [0.5, 0.6) is 23.4 Å². The summed E-state index contributed by atoms with van der Waals surface area (Å²) in [6.45, 7) is 3.65. The van der Waals surface area contributed by atoms with Gasteiger partial charge in [-0.25, -0.2) is 0 Å². The quantitative estimate of drug-likeness (QED) is 0.180. The third kappa shape index (κ3) is 5.86. The van der Waals surface area contributed by atoms with Crippen LogP contribution in [0.15, 0.2) is 121 Å². The van der Waals surface area contributed by atoms with Crippen LogP contribution in [0.25, 0.3) is 27.6 Å². The molecule has 202 valence electrons. The van der Waals surface area contributed by atoms with Gasteiger partial charge in [0.25, 0.3) is 10.1 Å². The second-order valence-corrected chi connectivity index (χ2v) is 10.5. The topological polar surface area (TPSA) is 111 Å². The number of aromatic nitrogens is 2. The van der Waals surface area contributed by atoms with Gasteiger partial charge in [0, 0.05) is 11.8 Å². The molecule has 0 fully saturated rings. The molecule has 5 aromatic carbocycles. The minimum absolute atomic E-state index is 0.0413. The van der Waals surface area contributed by atoms with Gasteiger partial charge < -0.3 is 14.8 Å². The number of rotatable bonds is 8. The third-order valence-corrected chi connectivity index (χ3v) is 7.26. The van der Waals surface area contributed by atoms with Gasteiger partial charge in [-0.15, -0.1) is 0 Å². The molecule has 41 heavy (non-hydrogen) atoms. The van der Waals surface area contributed by atoms with E-state index in [0.717, 1.165) is 21.5 Å². The van der Waals surface area contributed by atoms with Crippen molar-refractivity contribution in [3.8, 4) is 23.4 Å². The SMILES string of the molecule is C=Cc1cc(Nc2cc(Oc3ccc4ccccc4c3)nc(Oc3ccc4ccccc4c3)n2)ccc1S(=O)(=O)O. The summed E-state index contributed by atoms with van der Waals surface area (Å²) in [5.74, 6) is 1.69. The molecule has 0 saturated heterocycles. The van der Waals surface area contributed by atoms with Crippen molar-refractivity contribution in [3.63, 3.8) is 0 Å². The molecule has 0 aliphatic carbocycles. The second kappa shape index (κ2) is 10.7. The highest BCUT2D eigenvalue weighted by Gasteiger charge is 2.15. The van der Waals surface area contributed by atoms with Crippen LogP contribution >= 0.6 is 0 Å². The Balaban J connectivity index is 1.36. The Kier molecular flexibility index (Phi) is 6.80. The van der Waals surface area contributed by atoms with Crippen molar-refractivity contribution >= 4 is 49.2 Å². The molecule has 8 nitrogen and oxygen atoms in total. The molecular formula is C32H23N3O5S. The molecule has 9 heteroatoms. The maximum atomic E-state index is 11.7. The fraction of sp³-hybridized carbons (Fsp3) is 0. The lowest BCUT2D eigenvalue weighted by Gasteiger charge is -2.13. The van der Waals surface area contributed by atoms with E-state index in [2.05, 4.69) is 21.9 Å². The van der Waals surface area contributed by atoms with Crippen LogP contribution in [-0.2, 0) is 10.1 Å². The fourth-order valence-electron chi connectivity index (χ4n) is 4.42. The minimum atomic E-state index is -4.41. The second-order valence-electron chi connectivity index (χ2n) is 9.15. The zero-order valence-electron chi connectivity index (χ0n) is 21.6. The monoisotopic (exact) mass is 561 g/mol. The Hall–Kier alpha value is -5.25. The first-order chi connectivity index (χ1) is 19.8. The molecule has 6 aromatic rings. The van der Waals surface area contributed by atoms with Crippen molar-refractivity contribution in [2.24, 2.45) is 0 Å². The summed E-state index contributed by atoms with van der Waals surface area (Å²) in [5, 5.41) is 7.30. The summed E-state index contributed by atoms with van der Waals surface area (Å²) in [4.78, 5) is 8.74. The number of ether oxygens (including phenoxy) is 2. The summed E-state index contributed by atoms with van der Waals surface area (Å²) in [5.41, 5.74) is 0.728. The summed E-state index contributed by atoms with van der Waals surface area (Å²) >= 11 is 0. The van der Waals surface area contributed by atoms with E-state index in [0.29, 0.717) is 23.0 Å². The van der Waals surface area contributed by atoms with Crippen molar-refractivity contribution in [2.45, 2.75) is 4.90 Å². The molecule has 6 rings (SSSR count). The van der Waals surface area contributed by atoms with Crippen LogP contribution in [0.1, 0.15) is 5.56 Å². The standard InChI is InChI=1S/C32H23N3O5S/c1-2-21-17-26(13-16-29(21)41(36,37)38)33-30-20-31(39-27-14-11-22-7-3-5-9-24(22)18-27)35-32(34-30)40-28-15-12-23-8-4-6-10-25(23)19-28/h2-20H,1H2,(H,33,34,35)(H,36,37,38). The molecule has 0 aliphatic heterocycles. The first kappa shape index (κ1) is 26.0. The lowest BCUT2D eigenvalue weighted by Crippen LogP contribution is -2.03. The molecule has 0 bridgehead atoms. The first-order valence-corrected chi connectivity index (χ1v) is 14.0. The van der Waals surface area contributed by atoms with Gasteiger partial charge in [-0.3, -0.25) is 4.55 Å². The van der Waals surface area contributed by atoms with Crippen LogP contribution in [0.3, 0.4) is 0 Å². The highest BCUT2D eigenvalue weighted by molar-refractivity contribution is 7.85. The predicted octanol–water partition coefficient (Wildman–Crippen LogP) is 8.00. The lowest BCUT2D eigenvalue weighted by atomic mass is 10.1. The number of hydrogen-bond donors (Lipinski definition) is 2. The van der Waals surface area contributed by atoms with E-state index in [1.807, 2.05) is 84.9 Å². The molecule has 0 aliphatic rings. The van der Waals surface area contributed by atoms with Crippen molar-refractivity contribution in [2.75, 3.05) is 5.32 Å². The van der Waals surface area contributed by atoms with Gasteiger partial charge >= 0.3 is 6.01 Å². The normalized spacial score (nSPS) is 11.3.